The van der Waals surface area contributed by atoms with E-state index >= 15 is 0 Å². The fourth-order valence-electron chi connectivity index (χ4n) is 2.13. The van der Waals surface area contributed by atoms with Gasteiger partial charge in [0.15, 0.2) is 0 Å². The normalized spacial score (nSPS) is 10.1. The van der Waals surface area contributed by atoms with Gasteiger partial charge in [0, 0.05) is 26.0 Å². The zero-order chi connectivity index (χ0) is 15.4. The van der Waals surface area contributed by atoms with Crippen molar-refractivity contribution in [2.45, 2.75) is 6.92 Å². The predicted molar refractivity (Wildman–Crippen MR) is 84.2 cm³/mol. The number of aryl methyl sites for hydroxylation is 1. The molecule has 0 aliphatic heterocycles. The molecule has 0 fully saturated rings. The van der Waals surface area contributed by atoms with E-state index in [2.05, 4.69) is 10.3 Å². The Morgan fingerprint density at radius 3 is 2.71 bits per heavy atom. The van der Waals surface area contributed by atoms with Gasteiger partial charge in [-0.3, -0.25) is 9.78 Å². The van der Waals surface area contributed by atoms with Crippen LogP contribution in [0.4, 0.5) is 11.4 Å². The van der Waals surface area contributed by atoms with Crippen molar-refractivity contribution in [3.05, 3.63) is 47.8 Å². The van der Waals surface area contributed by atoms with E-state index in [9.17, 15) is 4.79 Å². The zero-order valence-electron chi connectivity index (χ0n) is 12.7. The van der Waals surface area contributed by atoms with Crippen molar-refractivity contribution in [2.24, 2.45) is 0 Å². The Balaban J connectivity index is 2.40. The van der Waals surface area contributed by atoms with E-state index in [1.54, 1.807) is 32.3 Å². The summed E-state index contributed by atoms with van der Waals surface area (Å²) < 4.78 is 5.30. The topological polar surface area (TPSA) is 54.5 Å². The molecule has 0 aliphatic rings. The summed E-state index contributed by atoms with van der Waals surface area (Å²) in [5.41, 5.74) is 2.86. The van der Waals surface area contributed by atoms with Crippen molar-refractivity contribution < 1.29 is 9.53 Å². The molecule has 1 aromatic heterocycles. The number of ether oxygens (including phenoxy) is 1. The third-order valence-electron chi connectivity index (χ3n) is 3.29. The molecular weight excluding hydrogens is 266 g/mol. The molecule has 1 amide bonds. The first-order valence-corrected chi connectivity index (χ1v) is 6.64. The molecule has 0 radical (unpaired) electrons. The van der Waals surface area contributed by atoms with Gasteiger partial charge in [-0.2, -0.15) is 0 Å². The van der Waals surface area contributed by atoms with Crippen molar-refractivity contribution in [2.75, 3.05) is 31.4 Å². The van der Waals surface area contributed by atoms with Crippen molar-refractivity contribution in [1.29, 1.82) is 0 Å². The van der Waals surface area contributed by atoms with Crippen LogP contribution in [-0.4, -0.2) is 32.1 Å². The number of para-hydroxylation sites is 2. The minimum Gasteiger partial charge on any atom is -0.495 e. The molecule has 0 spiro atoms. The summed E-state index contributed by atoms with van der Waals surface area (Å²) in [5, 5.41) is 3.03. The lowest BCUT2D eigenvalue weighted by Gasteiger charge is -2.21. The fourth-order valence-corrected chi connectivity index (χ4v) is 2.13. The molecule has 0 aliphatic carbocycles. The second-order valence-corrected chi connectivity index (χ2v) is 4.66. The van der Waals surface area contributed by atoms with Gasteiger partial charge in [0.1, 0.15) is 5.75 Å². The molecule has 21 heavy (non-hydrogen) atoms. The van der Waals surface area contributed by atoms with Gasteiger partial charge >= 0.3 is 0 Å². The Kier molecular flexibility index (Phi) is 4.42. The largest absolute Gasteiger partial charge is 0.495 e. The summed E-state index contributed by atoms with van der Waals surface area (Å²) >= 11 is 0. The predicted octanol–water partition coefficient (Wildman–Crippen LogP) is 2.72. The van der Waals surface area contributed by atoms with E-state index in [-0.39, 0.29) is 5.91 Å². The van der Waals surface area contributed by atoms with Crippen LogP contribution in [0.5, 0.6) is 5.75 Å². The van der Waals surface area contributed by atoms with Crippen LogP contribution < -0.4 is 15.0 Å². The first-order valence-electron chi connectivity index (χ1n) is 6.64. The summed E-state index contributed by atoms with van der Waals surface area (Å²) in [6.45, 7) is 1.89. The number of hydrogen-bond donors (Lipinski definition) is 1. The van der Waals surface area contributed by atoms with Crippen LogP contribution in [0, 0.1) is 6.92 Å². The van der Waals surface area contributed by atoms with Crippen LogP contribution in [0.3, 0.4) is 0 Å². The number of pyridine rings is 1. The highest BCUT2D eigenvalue weighted by atomic mass is 16.5. The lowest BCUT2D eigenvalue weighted by molar-refractivity contribution is 0.0993. The Labute approximate surface area is 124 Å². The summed E-state index contributed by atoms with van der Waals surface area (Å²) in [5.74, 6) is 0.510. The number of amides is 1. The number of anilines is 2. The number of nitrogens with zero attached hydrogens (tertiary/aromatic N) is 2. The average Bonchev–Trinajstić information content (AvgIpc) is 2.53. The number of benzene rings is 1. The summed E-state index contributed by atoms with van der Waals surface area (Å²) in [4.78, 5) is 18.5. The molecule has 1 N–H and O–H groups in total. The van der Waals surface area contributed by atoms with E-state index in [1.165, 1.54) is 0 Å². The molecule has 0 bridgehead atoms. The molecule has 110 valence electrons. The number of hydrogen-bond acceptors (Lipinski definition) is 4. The zero-order valence-corrected chi connectivity index (χ0v) is 12.7. The van der Waals surface area contributed by atoms with Crippen molar-refractivity contribution in [3.8, 4) is 5.75 Å². The minimum absolute atomic E-state index is 0.142. The highest BCUT2D eigenvalue weighted by Crippen LogP contribution is 2.28. The van der Waals surface area contributed by atoms with Gasteiger partial charge < -0.3 is 15.0 Å². The summed E-state index contributed by atoms with van der Waals surface area (Å²) in [6.07, 6.45) is 1.59. The lowest BCUT2D eigenvalue weighted by atomic mass is 10.1. The molecule has 1 aromatic carbocycles. The number of carbonyl (C=O) groups excluding carboxylic acids is 1. The third kappa shape index (κ3) is 2.97. The Morgan fingerprint density at radius 2 is 2.05 bits per heavy atom. The van der Waals surface area contributed by atoms with E-state index < -0.39 is 0 Å². The molecule has 0 saturated heterocycles. The SMILES string of the molecule is CNc1cc(C)ncc1C(=O)N(C)c1ccccc1OC. The van der Waals surface area contributed by atoms with Gasteiger partial charge in [-0.05, 0) is 25.1 Å². The van der Waals surface area contributed by atoms with Crippen molar-refractivity contribution in [3.63, 3.8) is 0 Å². The standard InChI is InChI=1S/C16H19N3O2/c1-11-9-13(17-2)12(10-18-11)16(20)19(3)14-7-5-6-8-15(14)21-4/h5-10H,1-4H3,(H,17,18). The maximum atomic E-state index is 12.7. The number of carbonyl (C=O) groups is 1. The third-order valence-corrected chi connectivity index (χ3v) is 3.29. The van der Waals surface area contributed by atoms with Crippen molar-refractivity contribution in [1.82, 2.24) is 4.98 Å². The van der Waals surface area contributed by atoms with Gasteiger partial charge in [-0.15, -0.1) is 0 Å². The molecule has 5 heteroatoms. The fraction of sp³-hybridized carbons (Fsp3) is 0.250. The Morgan fingerprint density at radius 1 is 1.33 bits per heavy atom. The van der Waals surface area contributed by atoms with E-state index in [0.29, 0.717) is 17.0 Å². The Hall–Kier alpha value is -2.56. The van der Waals surface area contributed by atoms with Crippen LogP contribution in [0.2, 0.25) is 0 Å². The first-order chi connectivity index (χ1) is 10.1. The molecular formula is C16H19N3O2. The van der Waals surface area contributed by atoms with Gasteiger partial charge in [0.05, 0.1) is 24.0 Å². The number of aromatic nitrogens is 1. The van der Waals surface area contributed by atoms with Gasteiger partial charge in [0.25, 0.3) is 5.91 Å². The highest BCUT2D eigenvalue weighted by molar-refractivity contribution is 6.09. The molecule has 2 rings (SSSR count). The van der Waals surface area contributed by atoms with Crippen LogP contribution in [-0.2, 0) is 0 Å². The van der Waals surface area contributed by atoms with E-state index in [4.69, 9.17) is 4.74 Å². The first kappa shape index (κ1) is 14.8. The summed E-state index contributed by atoms with van der Waals surface area (Å²) in [6, 6.07) is 9.26. The lowest BCUT2D eigenvalue weighted by Crippen LogP contribution is -2.27. The second-order valence-electron chi connectivity index (χ2n) is 4.66. The van der Waals surface area contributed by atoms with E-state index in [1.807, 2.05) is 37.3 Å². The van der Waals surface area contributed by atoms with Crippen LogP contribution in [0.1, 0.15) is 16.1 Å². The van der Waals surface area contributed by atoms with E-state index in [0.717, 1.165) is 11.4 Å². The quantitative estimate of drug-likeness (QED) is 0.938. The second kappa shape index (κ2) is 6.26. The maximum Gasteiger partial charge on any atom is 0.261 e. The van der Waals surface area contributed by atoms with Crippen molar-refractivity contribution >= 4 is 17.3 Å². The van der Waals surface area contributed by atoms with Crippen LogP contribution >= 0.6 is 0 Å². The van der Waals surface area contributed by atoms with Gasteiger partial charge in [-0.25, -0.2) is 0 Å². The maximum absolute atomic E-state index is 12.7. The molecule has 0 unspecified atom stereocenters. The number of methoxy groups -OCH3 is 1. The van der Waals surface area contributed by atoms with Gasteiger partial charge in [0.2, 0.25) is 0 Å². The highest BCUT2D eigenvalue weighted by Gasteiger charge is 2.19. The average molecular weight is 285 g/mol. The smallest absolute Gasteiger partial charge is 0.261 e. The molecule has 2 aromatic rings. The van der Waals surface area contributed by atoms with Crippen LogP contribution in [0.15, 0.2) is 36.5 Å². The monoisotopic (exact) mass is 285 g/mol. The molecule has 0 atom stereocenters. The van der Waals surface area contributed by atoms with Gasteiger partial charge in [-0.1, -0.05) is 12.1 Å². The molecule has 0 saturated carbocycles. The molecule has 1 heterocycles. The minimum atomic E-state index is -0.142. The molecule has 5 nitrogen and oxygen atoms in total. The number of nitrogens with one attached hydrogen (secondary N) is 1. The number of rotatable bonds is 4. The Bertz CT molecular complexity index is 656. The summed E-state index contributed by atoms with van der Waals surface area (Å²) in [7, 11) is 5.09. The van der Waals surface area contributed by atoms with Crippen LogP contribution in [0.25, 0.3) is 0 Å².